The molecule has 0 bridgehead atoms. The summed E-state index contributed by atoms with van der Waals surface area (Å²) in [4.78, 5) is 25.0. The molecule has 5 nitrogen and oxygen atoms in total. The van der Waals surface area contributed by atoms with E-state index < -0.39 is 5.97 Å². The van der Waals surface area contributed by atoms with Gasteiger partial charge in [-0.1, -0.05) is 30.3 Å². The van der Waals surface area contributed by atoms with Crippen molar-refractivity contribution in [1.82, 2.24) is 9.47 Å². The standard InChI is InChI=1S/C19H24N2O3/c1-5-20(12-18(22)23)19(24)17-11-13(2)21(15(17)4)14(3)16-9-7-6-8-10-16/h6-11,14H,5,12H2,1-4H3,(H,22,23). The van der Waals surface area contributed by atoms with E-state index >= 15 is 0 Å². The van der Waals surface area contributed by atoms with Gasteiger partial charge in [-0.2, -0.15) is 0 Å². The molecule has 1 N–H and O–H groups in total. The Bertz CT molecular complexity index is 735. The smallest absolute Gasteiger partial charge is 0.323 e. The van der Waals surface area contributed by atoms with Gasteiger partial charge in [-0.05, 0) is 39.3 Å². The van der Waals surface area contributed by atoms with Crippen molar-refractivity contribution in [2.45, 2.75) is 33.7 Å². The number of carboxylic acids is 1. The lowest BCUT2D eigenvalue weighted by molar-refractivity contribution is -0.137. The van der Waals surface area contributed by atoms with Crippen molar-refractivity contribution in [1.29, 1.82) is 0 Å². The quantitative estimate of drug-likeness (QED) is 0.885. The Morgan fingerprint density at radius 1 is 1.21 bits per heavy atom. The number of likely N-dealkylation sites (N-methyl/N-ethyl adjacent to an activating group) is 1. The molecule has 5 heteroatoms. The van der Waals surface area contributed by atoms with E-state index in [1.807, 2.05) is 38.1 Å². The van der Waals surface area contributed by atoms with Crippen LogP contribution in [0.4, 0.5) is 0 Å². The zero-order valence-electron chi connectivity index (χ0n) is 14.6. The van der Waals surface area contributed by atoms with Crippen molar-refractivity contribution < 1.29 is 14.7 Å². The second kappa shape index (κ2) is 7.34. The summed E-state index contributed by atoms with van der Waals surface area (Å²) in [7, 11) is 0. The van der Waals surface area contributed by atoms with Crippen LogP contribution in [0.3, 0.4) is 0 Å². The van der Waals surface area contributed by atoms with Crippen LogP contribution in [0.5, 0.6) is 0 Å². The normalized spacial score (nSPS) is 12.0. The molecular formula is C19H24N2O3. The molecule has 1 heterocycles. The largest absolute Gasteiger partial charge is 0.480 e. The zero-order valence-corrected chi connectivity index (χ0v) is 14.6. The number of benzene rings is 1. The van der Waals surface area contributed by atoms with Crippen LogP contribution in [-0.4, -0.2) is 39.5 Å². The Morgan fingerprint density at radius 2 is 1.83 bits per heavy atom. The molecule has 1 aromatic carbocycles. The van der Waals surface area contributed by atoms with Crippen LogP contribution < -0.4 is 0 Å². The lowest BCUT2D eigenvalue weighted by atomic mass is 10.1. The second-order valence-electron chi connectivity index (χ2n) is 5.95. The molecular weight excluding hydrogens is 304 g/mol. The third-order valence-electron chi connectivity index (χ3n) is 4.38. The number of carbonyl (C=O) groups excluding carboxylic acids is 1. The Morgan fingerprint density at radius 3 is 2.38 bits per heavy atom. The molecule has 128 valence electrons. The first-order valence-electron chi connectivity index (χ1n) is 8.11. The molecule has 1 unspecified atom stereocenters. The Hall–Kier alpha value is -2.56. The molecule has 1 atom stereocenters. The molecule has 0 aliphatic heterocycles. The summed E-state index contributed by atoms with van der Waals surface area (Å²) in [5, 5.41) is 8.98. The third kappa shape index (κ3) is 3.50. The summed E-state index contributed by atoms with van der Waals surface area (Å²) in [6, 6.07) is 12.0. The molecule has 0 aliphatic rings. The maximum absolute atomic E-state index is 12.7. The number of hydrogen-bond acceptors (Lipinski definition) is 2. The molecule has 0 saturated heterocycles. The van der Waals surface area contributed by atoms with E-state index in [0.29, 0.717) is 12.1 Å². The summed E-state index contributed by atoms with van der Waals surface area (Å²) in [6.07, 6.45) is 0. The minimum absolute atomic E-state index is 0.0994. The number of carboxylic acid groups (broad SMARTS) is 1. The molecule has 0 aliphatic carbocycles. The van der Waals surface area contributed by atoms with Crippen LogP contribution in [0.2, 0.25) is 0 Å². The number of carbonyl (C=O) groups is 2. The fourth-order valence-electron chi connectivity index (χ4n) is 3.13. The highest BCUT2D eigenvalue weighted by atomic mass is 16.4. The van der Waals surface area contributed by atoms with E-state index in [0.717, 1.165) is 17.0 Å². The lowest BCUT2D eigenvalue weighted by Crippen LogP contribution is -2.35. The molecule has 2 rings (SSSR count). The predicted octanol–water partition coefficient (Wildman–Crippen LogP) is 3.26. The van der Waals surface area contributed by atoms with Gasteiger partial charge in [0.25, 0.3) is 5.91 Å². The Balaban J connectivity index is 2.38. The lowest BCUT2D eigenvalue weighted by Gasteiger charge is -2.21. The van der Waals surface area contributed by atoms with Crippen molar-refractivity contribution in [3.8, 4) is 0 Å². The monoisotopic (exact) mass is 328 g/mol. The summed E-state index contributed by atoms with van der Waals surface area (Å²) >= 11 is 0. The molecule has 0 radical (unpaired) electrons. The highest BCUT2D eigenvalue weighted by molar-refractivity contribution is 5.97. The molecule has 0 spiro atoms. The SMILES string of the molecule is CCN(CC(=O)O)C(=O)c1cc(C)n(C(C)c2ccccc2)c1C. The summed E-state index contributed by atoms with van der Waals surface area (Å²) in [5.41, 5.74) is 3.57. The van der Waals surface area contributed by atoms with E-state index in [1.54, 1.807) is 6.92 Å². The van der Waals surface area contributed by atoms with Gasteiger partial charge >= 0.3 is 5.97 Å². The minimum Gasteiger partial charge on any atom is -0.480 e. The second-order valence-corrected chi connectivity index (χ2v) is 5.95. The highest BCUT2D eigenvalue weighted by Gasteiger charge is 2.23. The van der Waals surface area contributed by atoms with Gasteiger partial charge < -0.3 is 14.6 Å². The summed E-state index contributed by atoms with van der Waals surface area (Å²) < 4.78 is 2.12. The topological polar surface area (TPSA) is 62.5 Å². The van der Waals surface area contributed by atoms with Crippen molar-refractivity contribution in [3.63, 3.8) is 0 Å². The fraction of sp³-hybridized carbons (Fsp3) is 0.368. The van der Waals surface area contributed by atoms with E-state index in [1.165, 1.54) is 4.90 Å². The van der Waals surface area contributed by atoms with Crippen LogP contribution in [0.15, 0.2) is 36.4 Å². The van der Waals surface area contributed by atoms with Gasteiger partial charge in [-0.15, -0.1) is 0 Å². The van der Waals surface area contributed by atoms with Crippen LogP contribution in [0, 0.1) is 13.8 Å². The number of rotatable bonds is 6. The molecule has 0 fully saturated rings. The first kappa shape index (κ1) is 17.8. The minimum atomic E-state index is -1.00. The molecule has 0 saturated carbocycles. The van der Waals surface area contributed by atoms with Crippen LogP contribution >= 0.6 is 0 Å². The van der Waals surface area contributed by atoms with Crippen LogP contribution in [-0.2, 0) is 4.79 Å². The van der Waals surface area contributed by atoms with Gasteiger partial charge in [0, 0.05) is 17.9 Å². The number of aromatic nitrogens is 1. The van der Waals surface area contributed by atoms with Gasteiger partial charge in [0.05, 0.1) is 11.6 Å². The van der Waals surface area contributed by atoms with Crippen molar-refractivity contribution in [3.05, 3.63) is 58.9 Å². The average Bonchev–Trinajstić information content (AvgIpc) is 2.86. The zero-order chi connectivity index (χ0) is 17.9. The molecule has 24 heavy (non-hydrogen) atoms. The predicted molar refractivity (Wildman–Crippen MR) is 93.4 cm³/mol. The van der Waals surface area contributed by atoms with E-state index in [4.69, 9.17) is 5.11 Å². The maximum atomic E-state index is 12.7. The fourth-order valence-corrected chi connectivity index (χ4v) is 3.13. The summed E-state index contributed by atoms with van der Waals surface area (Å²) in [5.74, 6) is -1.24. The first-order valence-corrected chi connectivity index (χ1v) is 8.11. The van der Waals surface area contributed by atoms with Gasteiger partial charge in [0.2, 0.25) is 0 Å². The molecule has 2 aromatic rings. The highest BCUT2D eigenvalue weighted by Crippen LogP contribution is 2.26. The van der Waals surface area contributed by atoms with Gasteiger partial charge in [-0.3, -0.25) is 9.59 Å². The third-order valence-corrected chi connectivity index (χ3v) is 4.38. The first-order chi connectivity index (χ1) is 11.4. The number of nitrogens with zero attached hydrogens (tertiary/aromatic N) is 2. The maximum Gasteiger partial charge on any atom is 0.323 e. The van der Waals surface area contributed by atoms with Crippen molar-refractivity contribution >= 4 is 11.9 Å². The summed E-state index contributed by atoms with van der Waals surface area (Å²) in [6.45, 7) is 7.84. The van der Waals surface area contributed by atoms with E-state index in [-0.39, 0.29) is 18.5 Å². The Labute approximate surface area is 142 Å². The van der Waals surface area contributed by atoms with Crippen molar-refractivity contribution in [2.24, 2.45) is 0 Å². The number of aryl methyl sites for hydroxylation is 1. The van der Waals surface area contributed by atoms with Gasteiger partial charge in [-0.25, -0.2) is 0 Å². The number of amides is 1. The van der Waals surface area contributed by atoms with Gasteiger partial charge in [0.15, 0.2) is 0 Å². The van der Waals surface area contributed by atoms with E-state index in [9.17, 15) is 9.59 Å². The van der Waals surface area contributed by atoms with Crippen LogP contribution in [0.1, 0.15) is 47.2 Å². The Kier molecular flexibility index (Phi) is 5.44. The molecule has 1 aromatic heterocycles. The number of aliphatic carboxylic acids is 1. The number of hydrogen-bond donors (Lipinski definition) is 1. The van der Waals surface area contributed by atoms with Gasteiger partial charge in [0.1, 0.15) is 6.54 Å². The van der Waals surface area contributed by atoms with Crippen molar-refractivity contribution in [2.75, 3.05) is 13.1 Å². The van der Waals surface area contributed by atoms with Crippen LogP contribution in [0.25, 0.3) is 0 Å². The van der Waals surface area contributed by atoms with E-state index in [2.05, 4.69) is 23.6 Å². The molecule has 1 amide bonds. The average molecular weight is 328 g/mol.